The molecule has 0 saturated carbocycles. The predicted molar refractivity (Wildman–Crippen MR) is 87.2 cm³/mol. The summed E-state index contributed by atoms with van der Waals surface area (Å²) < 4.78 is 13.1. The number of carbonyl (C=O) groups is 1. The zero-order chi connectivity index (χ0) is 15.4. The monoisotopic (exact) mass is 315 g/mol. The van der Waals surface area contributed by atoms with E-state index in [-0.39, 0.29) is 17.8 Å². The van der Waals surface area contributed by atoms with Crippen LogP contribution in [0.1, 0.15) is 35.7 Å². The Kier molecular flexibility index (Phi) is 4.68. The lowest BCUT2D eigenvalue weighted by molar-refractivity contribution is -0.122. The van der Waals surface area contributed by atoms with Crippen molar-refractivity contribution in [2.75, 3.05) is 0 Å². The highest BCUT2D eigenvalue weighted by molar-refractivity contribution is 7.10. The minimum absolute atomic E-state index is 0.0410. The molecule has 1 heterocycles. The average molecular weight is 315 g/mol. The summed E-state index contributed by atoms with van der Waals surface area (Å²) in [6, 6.07) is 10.1. The smallest absolute Gasteiger partial charge is 0.221 e. The van der Waals surface area contributed by atoms with Crippen molar-refractivity contribution in [1.82, 2.24) is 5.32 Å². The summed E-state index contributed by atoms with van der Waals surface area (Å²) in [5.41, 5.74) is 0.902. The molecule has 0 fully saturated rings. The van der Waals surface area contributed by atoms with Crippen LogP contribution in [0.2, 0.25) is 0 Å². The average Bonchev–Trinajstić information content (AvgIpc) is 3.19. The number of amides is 1. The Labute approximate surface area is 133 Å². The molecule has 1 aromatic carbocycles. The zero-order valence-electron chi connectivity index (χ0n) is 12.2. The molecule has 1 aromatic heterocycles. The molecule has 2 nitrogen and oxygen atoms in total. The van der Waals surface area contributed by atoms with E-state index in [2.05, 4.69) is 17.5 Å². The van der Waals surface area contributed by atoms with Gasteiger partial charge in [-0.2, -0.15) is 0 Å². The van der Waals surface area contributed by atoms with Crippen LogP contribution < -0.4 is 5.32 Å². The van der Waals surface area contributed by atoms with Gasteiger partial charge in [-0.25, -0.2) is 4.39 Å². The number of nitrogens with one attached hydrogen (secondary N) is 1. The number of hydrogen-bond donors (Lipinski definition) is 1. The SMILES string of the molecule is O=C(C[C@@H]1C=CCC1)N[C@H](c1ccc(F)cc1)c1cccs1. The van der Waals surface area contributed by atoms with Crippen LogP contribution in [0.25, 0.3) is 0 Å². The van der Waals surface area contributed by atoms with E-state index in [1.165, 1.54) is 12.1 Å². The first kappa shape index (κ1) is 15.0. The summed E-state index contributed by atoms with van der Waals surface area (Å²) in [6.07, 6.45) is 6.88. The van der Waals surface area contributed by atoms with Crippen LogP contribution in [0.15, 0.2) is 53.9 Å². The molecule has 0 radical (unpaired) electrons. The van der Waals surface area contributed by atoms with Crippen molar-refractivity contribution in [3.8, 4) is 0 Å². The Balaban J connectivity index is 1.75. The Bertz CT molecular complexity index is 648. The fourth-order valence-corrected chi connectivity index (χ4v) is 3.56. The molecule has 0 aliphatic heterocycles. The van der Waals surface area contributed by atoms with Crippen LogP contribution in [0.3, 0.4) is 0 Å². The van der Waals surface area contributed by atoms with Gasteiger partial charge in [-0.3, -0.25) is 4.79 Å². The second-order valence-electron chi connectivity index (χ2n) is 5.54. The van der Waals surface area contributed by atoms with Crippen LogP contribution in [-0.4, -0.2) is 5.91 Å². The lowest BCUT2D eigenvalue weighted by Gasteiger charge is -2.19. The topological polar surface area (TPSA) is 29.1 Å². The van der Waals surface area contributed by atoms with Crippen LogP contribution in [-0.2, 0) is 4.79 Å². The van der Waals surface area contributed by atoms with Crippen molar-refractivity contribution in [3.05, 3.63) is 70.2 Å². The van der Waals surface area contributed by atoms with Crippen molar-refractivity contribution < 1.29 is 9.18 Å². The van der Waals surface area contributed by atoms with E-state index in [1.807, 2.05) is 17.5 Å². The molecule has 1 aliphatic rings. The summed E-state index contributed by atoms with van der Waals surface area (Å²) in [4.78, 5) is 13.4. The molecule has 3 rings (SSSR count). The van der Waals surface area contributed by atoms with E-state index < -0.39 is 0 Å². The summed E-state index contributed by atoms with van der Waals surface area (Å²) in [7, 11) is 0. The van der Waals surface area contributed by atoms with Gasteiger partial charge in [-0.1, -0.05) is 30.4 Å². The molecule has 114 valence electrons. The van der Waals surface area contributed by atoms with Crippen molar-refractivity contribution in [1.29, 1.82) is 0 Å². The quantitative estimate of drug-likeness (QED) is 0.812. The summed E-state index contributed by atoms with van der Waals surface area (Å²) in [6.45, 7) is 0. The number of halogens is 1. The third kappa shape index (κ3) is 3.63. The molecule has 22 heavy (non-hydrogen) atoms. The van der Waals surface area contributed by atoms with Gasteiger partial charge >= 0.3 is 0 Å². The highest BCUT2D eigenvalue weighted by atomic mass is 32.1. The van der Waals surface area contributed by atoms with Crippen LogP contribution in [0.5, 0.6) is 0 Å². The molecule has 0 spiro atoms. The molecule has 2 atom stereocenters. The van der Waals surface area contributed by atoms with Crippen LogP contribution >= 0.6 is 11.3 Å². The highest BCUT2D eigenvalue weighted by Gasteiger charge is 2.20. The van der Waals surface area contributed by atoms with E-state index in [4.69, 9.17) is 0 Å². The molecule has 2 aromatic rings. The number of thiophene rings is 1. The predicted octanol–water partition coefficient (Wildman–Crippen LogP) is 4.45. The highest BCUT2D eigenvalue weighted by Crippen LogP contribution is 2.27. The standard InChI is InChI=1S/C18H18FNOS/c19-15-9-7-14(8-10-15)18(16-6-3-11-22-16)20-17(21)12-13-4-1-2-5-13/h1,3-4,6-11,13,18H,2,5,12H2,(H,20,21)/t13-,18-/m1/s1. The normalized spacial score (nSPS) is 18.3. The fourth-order valence-electron chi connectivity index (χ4n) is 2.75. The van der Waals surface area contributed by atoms with Crippen molar-refractivity contribution in [2.24, 2.45) is 5.92 Å². The van der Waals surface area contributed by atoms with E-state index in [1.54, 1.807) is 23.5 Å². The first-order valence-corrected chi connectivity index (χ1v) is 8.35. The van der Waals surface area contributed by atoms with Gasteiger partial charge < -0.3 is 5.32 Å². The molecule has 1 N–H and O–H groups in total. The zero-order valence-corrected chi connectivity index (χ0v) is 13.0. The summed E-state index contributed by atoms with van der Waals surface area (Å²) in [5.74, 6) is 0.118. The van der Waals surface area contributed by atoms with Crippen LogP contribution in [0, 0.1) is 11.7 Å². The number of rotatable bonds is 5. The third-order valence-electron chi connectivity index (χ3n) is 3.90. The van der Waals surface area contributed by atoms with Gasteiger partial charge in [0.05, 0.1) is 6.04 Å². The summed E-state index contributed by atoms with van der Waals surface area (Å²) in [5, 5.41) is 5.08. The maximum atomic E-state index is 13.1. The number of allylic oxidation sites excluding steroid dienone is 2. The van der Waals surface area contributed by atoms with Gasteiger partial charge in [0.15, 0.2) is 0 Å². The Morgan fingerprint density at radius 3 is 2.77 bits per heavy atom. The van der Waals surface area contributed by atoms with Crippen molar-refractivity contribution >= 4 is 17.2 Å². The molecule has 4 heteroatoms. The molecule has 1 aliphatic carbocycles. The first-order valence-electron chi connectivity index (χ1n) is 7.47. The molecule has 0 unspecified atom stereocenters. The van der Waals surface area contributed by atoms with Gasteiger partial charge in [-0.05, 0) is 47.9 Å². The van der Waals surface area contributed by atoms with Crippen molar-refractivity contribution in [3.63, 3.8) is 0 Å². The van der Waals surface area contributed by atoms with E-state index in [0.29, 0.717) is 12.3 Å². The Morgan fingerprint density at radius 1 is 1.32 bits per heavy atom. The minimum atomic E-state index is -0.268. The van der Waals surface area contributed by atoms with E-state index in [0.717, 1.165) is 23.3 Å². The number of carbonyl (C=O) groups excluding carboxylic acids is 1. The number of hydrogen-bond acceptors (Lipinski definition) is 2. The molecular weight excluding hydrogens is 297 g/mol. The third-order valence-corrected chi connectivity index (χ3v) is 4.83. The molecule has 0 saturated heterocycles. The van der Waals surface area contributed by atoms with Crippen LogP contribution in [0.4, 0.5) is 4.39 Å². The maximum Gasteiger partial charge on any atom is 0.221 e. The summed E-state index contributed by atoms with van der Waals surface area (Å²) >= 11 is 1.59. The maximum absolute atomic E-state index is 13.1. The van der Waals surface area contributed by atoms with Gasteiger partial charge in [0.1, 0.15) is 5.82 Å². The second-order valence-corrected chi connectivity index (χ2v) is 6.52. The molecule has 1 amide bonds. The van der Waals surface area contributed by atoms with E-state index >= 15 is 0 Å². The van der Waals surface area contributed by atoms with Gasteiger partial charge in [0.2, 0.25) is 5.91 Å². The lowest BCUT2D eigenvalue weighted by atomic mass is 10.0. The van der Waals surface area contributed by atoms with Gasteiger partial charge in [-0.15, -0.1) is 11.3 Å². The largest absolute Gasteiger partial charge is 0.344 e. The van der Waals surface area contributed by atoms with E-state index in [9.17, 15) is 9.18 Å². The number of benzene rings is 1. The lowest BCUT2D eigenvalue weighted by Crippen LogP contribution is -2.29. The second kappa shape index (κ2) is 6.88. The molecular formula is C18H18FNOS. The van der Waals surface area contributed by atoms with Gasteiger partial charge in [0.25, 0.3) is 0 Å². The Hall–Kier alpha value is -1.94. The fraction of sp³-hybridized carbons (Fsp3) is 0.278. The minimum Gasteiger partial charge on any atom is -0.344 e. The van der Waals surface area contributed by atoms with Crippen molar-refractivity contribution in [2.45, 2.75) is 25.3 Å². The van der Waals surface area contributed by atoms with Gasteiger partial charge in [0, 0.05) is 11.3 Å². The molecule has 0 bridgehead atoms. The Morgan fingerprint density at radius 2 is 2.14 bits per heavy atom. The first-order chi connectivity index (χ1) is 10.7.